The van der Waals surface area contributed by atoms with Crippen molar-refractivity contribution >= 4 is 0 Å². The molecule has 0 aliphatic carbocycles. The summed E-state index contributed by atoms with van der Waals surface area (Å²) in [6.07, 6.45) is 18.8. The lowest BCUT2D eigenvalue weighted by Gasteiger charge is -2.21. The molecule has 0 rings (SSSR count). The van der Waals surface area contributed by atoms with Crippen LogP contribution < -0.4 is 0 Å². The molecule has 0 nitrogen and oxygen atoms in total. The molecule has 0 amide bonds. The van der Waals surface area contributed by atoms with Gasteiger partial charge in [-0.25, -0.2) is 0 Å². The summed E-state index contributed by atoms with van der Waals surface area (Å²) in [5.74, 6) is 1.98. The molecular formula is C19H40. The number of unbranched alkanes of at least 4 members (excludes halogenated alkanes) is 6. The van der Waals surface area contributed by atoms with Crippen molar-refractivity contribution < 1.29 is 0 Å². The summed E-state index contributed by atoms with van der Waals surface area (Å²) in [6.45, 7) is 9.43. The van der Waals surface area contributed by atoms with E-state index in [1.807, 2.05) is 0 Å². The second-order valence-corrected chi connectivity index (χ2v) is 6.69. The van der Waals surface area contributed by atoms with Crippen molar-refractivity contribution in [2.75, 3.05) is 0 Å². The van der Waals surface area contributed by atoms with E-state index in [4.69, 9.17) is 0 Å². The molecule has 0 aliphatic heterocycles. The third-order valence-electron chi connectivity index (χ3n) is 4.47. The Balaban J connectivity index is 3.79. The molecule has 0 fully saturated rings. The van der Waals surface area contributed by atoms with Gasteiger partial charge >= 0.3 is 0 Å². The first-order valence-corrected chi connectivity index (χ1v) is 9.24. The van der Waals surface area contributed by atoms with Crippen molar-refractivity contribution in [2.45, 2.75) is 111 Å². The van der Waals surface area contributed by atoms with Crippen molar-refractivity contribution in [3.05, 3.63) is 0 Å². The highest BCUT2D eigenvalue weighted by Gasteiger charge is 2.12. The Kier molecular flexibility index (Phi) is 14.4. The maximum Gasteiger partial charge on any atom is -0.0412 e. The Morgan fingerprint density at radius 2 is 1.11 bits per heavy atom. The van der Waals surface area contributed by atoms with Crippen molar-refractivity contribution in [1.29, 1.82) is 0 Å². The van der Waals surface area contributed by atoms with Crippen LogP contribution in [-0.2, 0) is 0 Å². The Morgan fingerprint density at radius 3 is 1.74 bits per heavy atom. The van der Waals surface area contributed by atoms with Gasteiger partial charge in [-0.2, -0.15) is 0 Å². The van der Waals surface area contributed by atoms with Crippen LogP contribution >= 0.6 is 0 Å². The molecule has 0 saturated heterocycles. The quantitative estimate of drug-likeness (QED) is 0.288. The molecule has 116 valence electrons. The Bertz CT molecular complexity index is 161. The molecule has 0 saturated carbocycles. The monoisotopic (exact) mass is 268 g/mol. The van der Waals surface area contributed by atoms with Gasteiger partial charge in [-0.05, 0) is 18.3 Å². The zero-order valence-corrected chi connectivity index (χ0v) is 14.3. The lowest BCUT2D eigenvalue weighted by molar-refractivity contribution is 0.317. The van der Waals surface area contributed by atoms with E-state index < -0.39 is 0 Å². The van der Waals surface area contributed by atoms with Crippen molar-refractivity contribution in [1.82, 2.24) is 0 Å². The van der Waals surface area contributed by atoms with E-state index in [-0.39, 0.29) is 0 Å². The van der Waals surface area contributed by atoms with Crippen LogP contribution in [0.1, 0.15) is 111 Å². The summed E-state index contributed by atoms with van der Waals surface area (Å²) in [7, 11) is 0. The summed E-state index contributed by atoms with van der Waals surface area (Å²) < 4.78 is 0. The summed E-state index contributed by atoms with van der Waals surface area (Å²) in [4.78, 5) is 0. The lowest BCUT2D eigenvalue weighted by atomic mass is 9.85. The van der Waals surface area contributed by atoms with Gasteiger partial charge in [-0.15, -0.1) is 0 Å². The first kappa shape index (κ1) is 19.0. The third kappa shape index (κ3) is 12.8. The normalized spacial score (nSPS) is 14.5. The molecule has 0 N–H and O–H groups in total. The fourth-order valence-corrected chi connectivity index (χ4v) is 3.15. The molecule has 0 heterocycles. The lowest BCUT2D eigenvalue weighted by Crippen LogP contribution is -2.07. The van der Waals surface area contributed by atoms with Gasteiger partial charge in [0.05, 0.1) is 0 Å². The fraction of sp³-hybridized carbons (Fsp3) is 1.00. The molecule has 0 aliphatic rings. The van der Waals surface area contributed by atoms with E-state index in [0.717, 1.165) is 11.8 Å². The molecule has 2 unspecified atom stereocenters. The highest BCUT2D eigenvalue weighted by atomic mass is 14.2. The zero-order valence-electron chi connectivity index (χ0n) is 14.3. The minimum atomic E-state index is 0.956. The molecule has 0 aromatic heterocycles. The van der Waals surface area contributed by atoms with Gasteiger partial charge in [0.25, 0.3) is 0 Å². The first-order valence-electron chi connectivity index (χ1n) is 9.24. The summed E-state index contributed by atoms with van der Waals surface area (Å²) in [6, 6.07) is 0. The molecule has 2 atom stereocenters. The maximum atomic E-state index is 2.48. The van der Waals surface area contributed by atoms with Crippen LogP contribution in [0.4, 0.5) is 0 Å². The maximum absolute atomic E-state index is 2.48. The van der Waals surface area contributed by atoms with Crippen LogP contribution in [0.3, 0.4) is 0 Å². The van der Waals surface area contributed by atoms with Gasteiger partial charge in [-0.1, -0.05) is 105 Å². The van der Waals surface area contributed by atoms with Gasteiger partial charge in [-0.3, -0.25) is 0 Å². The van der Waals surface area contributed by atoms with Crippen molar-refractivity contribution in [3.63, 3.8) is 0 Å². The number of hydrogen-bond acceptors (Lipinski definition) is 0. The topological polar surface area (TPSA) is 0 Å². The second kappa shape index (κ2) is 14.4. The largest absolute Gasteiger partial charge is 0.0654 e. The zero-order chi connectivity index (χ0) is 14.3. The van der Waals surface area contributed by atoms with Crippen LogP contribution in [0.25, 0.3) is 0 Å². The van der Waals surface area contributed by atoms with Gasteiger partial charge in [0, 0.05) is 0 Å². The summed E-state index contributed by atoms with van der Waals surface area (Å²) >= 11 is 0. The van der Waals surface area contributed by atoms with E-state index in [9.17, 15) is 0 Å². The average Bonchev–Trinajstić information content (AvgIpc) is 2.41. The third-order valence-corrected chi connectivity index (χ3v) is 4.47. The van der Waals surface area contributed by atoms with Crippen LogP contribution in [-0.4, -0.2) is 0 Å². The SMILES string of the molecule is CCCCCCCC(CCCC)CC(C)CCCC. The van der Waals surface area contributed by atoms with E-state index >= 15 is 0 Å². The minimum absolute atomic E-state index is 0.956. The molecule has 0 spiro atoms. The Labute approximate surface area is 123 Å². The average molecular weight is 269 g/mol. The molecular weight excluding hydrogens is 228 g/mol. The van der Waals surface area contributed by atoms with Gasteiger partial charge in [0.2, 0.25) is 0 Å². The minimum Gasteiger partial charge on any atom is -0.0654 e. The van der Waals surface area contributed by atoms with Crippen LogP contribution in [0, 0.1) is 11.8 Å². The predicted octanol–water partition coefficient (Wildman–Crippen LogP) is 7.37. The molecule has 19 heavy (non-hydrogen) atoms. The first-order chi connectivity index (χ1) is 9.24. The van der Waals surface area contributed by atoms with Crippen LogP contribution in [0.5, 0.6) is 0 Å². The molecule has 0 heteroatoms. The molecule has 0 aromatic carbocycles. The van der Waals surface area contributed by atoms with Gasteiger partial charge in [0.1, 0.15) is 0 Å². The molecule has 0 radical (unpaired) electrons. The van der Waals surface area contributed by atoms with E-state index in [1.165, 1.54) is 83.5 Å². The van der Waals surface area contributed by atoms with Gasteiger partial charge in [0.15, 0.2) is 0 Å². The van der Waals surface area contributed by atoms with E-state index in [0.29, 0.717) is 0 Å². The van der Waals surface area contributed by atoms with Crippen molar-refractivity contribution in [3.8, 4) is 0 Å². The van der Waals surface area contributed by atoms with Crippen LogP contribution in [0.15, 0.2) is 0 Å². The summed E-state index contributed by atoms with van der Waals surface area (Å²) in [5, 5.41) is 0. The van der Waals surface area contributed by atoms with E-state index in [1.54, 1.807) is 0 Å². The summed E-state index contributed by atoms with van der Waals surface area (Å²) in [5.41, 5.74) is 0. The highest BCUT2D eigenvalue weighted by molar-refractivity contribution is 4.65. The van der Waals surface area contributed by atoms with Crippen molar-refractivity contribution in [2.24, 2.45) is 11.8 Å². The fourth-order valence-electron chi connectivity index (χ4n) is 3.15. The number of rotatable bonds is 14. The standard InChI is InChI=1S/C19H40/c1-5-8-11-12-13-16-19(15-10-7-3)17-18(4)14-9-6-2/h18-19H,5-17H2,1-4H3. The Morgan fingerprint density at radius 1 is 0.579 bits per heavy atom. The number of hydrogen-bond donors (Lipinski definition) is 0. The second-order valence-electron chi connectivity index (χ2n) is 6.69. The molecule has 0 aromatic rings. The van der Waals surface area contributed by atoms with E-state index in [2.05, 4.69) is 27.7 Å². The smallest absolute Gasteiger partial charge is 0.0412 e. The van der Waals surface area contributed by atoms with Crippen LogP contribution in [0.2, 0.25) is 0 Å². The predicted molar refractivity (Wildman–Crippen MR) is 89.7 cm³/mol. The highest BCUT2D eigenvalue weighted by Crippen LogP contribution is 2.26. The van der Waals surface area contributed by atoms with Gasteiger partial charge < -0.3 is 0 Å². The Hall–Kier alpha value is 0. The molecule has 0 bridgehead atoms.